The summed E-state index contributed by atoms with van der Waals surface area (Å²) in [5.41, 5.74) is 0.213. The van der Waals surface area contributed by atoms with E-state index in [1.54, 1.807) is 31.4 Å². The third-order valence-electron chi connectivity index (χ3n) is 6.64. The summed E-state index contributed by atoms with van der Waals surface area (Å²) in [6.45, 7) is 2.85. The highest BCUT2D eigenvalue weighted by atomic mass is 16.5. The monoisotopic (exact) mass is 399 g/mol. The first-order valence-corrected chi connectivity index (χ1v) is 10.5. The quantitative estimate of drug-likeness (QED) is 0.726. The van der Waals surface area contributed by atoms with Crippen molar-refractivity contribution >= 4 is 17.7 Å². The topological polar surface area (TPSA) is 70.2 Å². The van der Waals surface area contributed by atoms with Crippen LogP contribution < -0.4 is 4.74 Å². The van der Waals surface area contributed by atoms with Crippen LogP contribution in [0.1, 0.15) is 48.9 Å². The Labute approximate surface area is 171 Å². The highest BCUT2D eigenvalue weighted by molar-refractivity contribution is 6.05. The van der Waals surface area contributed by atoms with Gasteiger partial charge in [-0.05, 0) is 37.1 Å². The molecule has 1 aromatic rings. The summed E-state index contributed by atoms with van der Waals surface area (Å²) in [5, 5.41) is 0. The Hall–Kier alpha value is -2.41. The molecule has 3 fully saturated rings. The van der Waals surface area contributed by atoms with Crippen LogP contribution in [0.2, 0.25) is 0 Å². The van der Waals surface area contributed by atoms with Gasteiger partial charge >= 0.3 is 0 Å². The fourth-order valence-electron chi connectivity index (χ4n) is 4.83. The van der Waals surface area contributed by atoms with E-state index in [9.17, 15) is 14.4 Å². The summed E-state index contributed by atoms with van der Waals surface area (Å²) in [7, 11) is 1.60. The van der Waals surface area contributed by atoms with Crippen molar-refractivity contribution in [3.05, 3.63) is 29.8 Å². The molecule has 1 aromatic carbocycles. The second-order valence-corrected chi connectivity index (χ2v) is 8.42. The Balaban J connectivity index is 1.32. The Morgan fingerprint density at radius 1 is 1.00 bits per heavy atom. The molecule has 1 aliphatic carbocycles. The number of ether oxygens (including phenoxy) is 1. The molecule has 3 amide bonds. The van der Waals surface area contributed by atoms with Crippen molar-refractivity contribution in [2.45, 2.75) is 38.5 Å². The SMILES string of the molecule is COc1ccc(C(=O)N2CCN(CN3C(=O)CC4(CCCCC4)C3=O)CC2)cc1. The third-order valence-corrected chi connectivity index (χ3v) is 6.64. The van der Waals surface area contributed by atoms with Gasteiger partial charge in [-0.15, -0.1) is 0 Å². The molecule has 1 saturated carbocycles. The largest absolute Gasteiger partial charge is 0.497 e. The van der Waals surface area contributed by atoms with Crippen molar-refractivity contribution in [3.8, 4) is 5.75 Å². The molecule has 4 rings (SSSR count). The molecule has 0 aromatic heterocycles. The molecule has 7 nitrogen and oxygen atoms in total. The van der Waals surface area contributed by atoms with Crippen LogP contribution in [0.3, 0.4) is 0 Å². The molecule has 0 radical (unpaired) electrons. The van der Waals surface area contributed by atoms with E-state index >= 15 is 0 Å². The normalized spacial score (nSPS) is 22.4. The lowest BCUT2D eigenvalue weighted by molar-refractivity contribution is -0.145. The number of likely N-dealkylation sites (tertiary alicyclic amines) is 1. The molecule has 0 unspecified atom stereocenters. The Bertz CT molecular complexity index is 778. The minimum Gasteiger partial charge on any atom is -0.497 e. The summed E-state index contributed by atoms with van der Waals surface area (Å²) in [4.78, 5) is 43.6. The molecule has 2 heterocycles. The molecular weight excluding hydrogens is 370 g/mol. The van der Waals surface area contributed by atoms with Crippen LogP contribution in [0.25, 0.3) is 0 Å². The van der Waals surface area contributed by atoms with E-state index in [1.165, 1.54) is 4.90 Å². The molecule has 156 valence electrons. The highest BCUT2D eigenvalue weighted by Gasteiger charge is 2.51. The number of piperazine rings is 1. The number of imide groups is 1. The predicted octanol–water partition coefficient (Wildman–Crippen LogP) is 2.12. The van der Waals surface area contributed by atoms with Gasteiger partial charge in [0.1, 0.15) is 5.75 Å². The van der Waals surface area contributed by atoms with E-state index in [-0.39, 0.29) is 17.7 Å². The zero-order valence-electron chi connectivity index (χ0n) is 17.1. The Morgan fingerprint density at radius 3 is 2.28 bits per heavy atom. The van der Waals surface area contributed by atoms with Crippen LogP contribution in [-0.4, -0.2) is 72.4 Å². The third kappa shape index (κ3) is 3.88. The molecule has 0 N–H and O–H groups in total. The Kier molecular flexibility index (Phi) is 5.58. The zero-order chi connectivity index (χ0) is 20.4. The number of carbonyl (C=O) groups excluding carboxylic acids is 3. The number of carbonyl (C=O) groups is 3. The van der Waals surface area contributed by atoms with Crippen molar-refractivity contribution in [3.63, 3.8) is 0 Å². The van der Waals surface area contributed by atoms with E-state index in [0.717, 1.165) is 37.9 Å². The van der Waals surface area contributed by atoms with Gasteiger partial charge in [0.15, 0.2) is 0 Å². The number of hydrogen-bond acceptors (Lipinski definition) is 5. The summed E-state index contributed by atoms with van der Waals surface area (Å²) < 4.78 is 5.14. The first kappa shape index (κ1) is 19.9. The summed E-state index contributed by atoms with van der Waals surface area (Å²) in [6.07, 6.45) is 5.31. The van der Waals surface area contributed by atoms with Crippen molar-refractivity contribution in [1.29, 1.82) is 0 Å². The highest BCUT2D eigenvalue weighted by Crippen LogP contribution is 2.45. The average molecular weight is 399 g/mol. The number of methoxy groups -OCH3 is 1. The van der Waals surface area contributed by atoms with Gasteiger partial charge in [0.2, 0.25) is 11.8 Å². The second-order valence-electron chi connectivity index (χ2n) is 8.42. The summed E-state index contributed by atoms with van der Waals surface area (Å²) in [5.74, 6) is 0.719. The molecule has 7 heteroatoms. The lowest BCUT2D eigenvalue weighted by Crippen LogP contribution is -2.53. The minimum atomic E-state index is -0.429. The maximum absolute atomic E-state index is 13.0. The summed E-state index contributed by atoms with van der Waals surface area (Å²) in [6, 6.07) is 7.13. The summed E-state index contributed by atoms with van der Waals surface area (Å²) >= 11 is 0. The Morgan fingerprint density at radius 2 is 1.66 bits per heavy atom. The van der Waals surface area contributed by atoms with E-state index in [1.807, 2.05) is 4.90 Å². The van der Waals surface area contributed by atoms with E-state index in [0.29, 0.717) is 44.8 Å². The van der Waals surface area contributed by atoms with E-state index in [4.69, 9.17) is 4.74 Å². The number of benzene rings is 1. The van der Waals surface area contributed by atoms with Gasteiger partial charge in [0, 0.05) is 38.2 Å². The molecule has 2 aliphatic heterocycles. The maximum Gasteiger partial charge on any atom is 0.253 e. The molecule has 1 spiro atoms. The smallest absolute Gasteiger partial charge is 0.253 e. The van der Waals surface area contributed by atoms with Crippen molar-refractivity contribution < 1.29 is 19.1 Å². The fourth-order valence-corrected chi connectivity index (χ4v) is 4.83. The van der Waals surface area contributed by atoms with Crippen molar-refractivity contribution in [2.24, 2.45) is 5.41 Å². The second kappa shape index (κ2) is 8.14. The van der Waals surface area contributed by atoms with Gasteiger partial charge in [-0.2, -0.15) is 0 Å². The minimum absolute atomic E-state index is 0.00165. The van der Waals surface area contributed by atoms with Crippen LogP contribution in [0, 0.1) is 5.41 Å². The molecule has 29 heavy (non-hydrogen) atoms. The van der Waals surface area contributed by atoms with Crippen LogP contribution in [0.5, 0.6) is 5.75 Å². The maximum atomic E-state index is 13.0. The first-order chi connectivity index (χ1) is 14.0. The molecule has 0 atom stereocenters. The lowest BCUT2D eigenvalue weighted by atomic mass is 9.73. The van der Waals surface area contributed by atoms with Gasteiger partial charge in [0.05, 0.1) is 19.2 Å². The number of nitrogens with zero attached hydrogens (tertiary/aromatic N) is 3. The van der Waals surface area contributed by atoms with Crippen molar-refractivity contribution in [2.75, 3.05) is 40.0 Å². The molecule has 3 aliphatic rings. The number of amides is 3. The van der Waals surface area contributed by atoms with Gasteiger partial charge in [-0.1, -0.05) is 19.3 Å². The van der Waals surface area contributed by atoms with E-state index < -0.39 is 5.41 Å². The number of hydrogen-bond donors (Lipinski definition) is 0. The first-order valence-electron chi connectivity index (χ1n) is 10.5. The standard InChI is InChI=1S/C22H29N3O4/c1-29-18-7-5-17(6-8-18)20(27)24-13-11-23(12-14-24)16-25-19(26)15-22(21(25)28)9-3-2-4-10-22/h5-8H,2-4,9-16H2,1H3. The number of rotatable bonds is 4. The molecule has 0 bridgehead atoms. The molecule has 2 saturated heterocycles. The van der Waals surface area contributed by atoms with Gasteiger partial charge in [0.25, 0.3) is 5.91 Å². The van der Waals surface area contributed by atoms with Crippen LogP contribution in [0.4, 0.5) is 0 Å². The lowest BCUT2D eigenvalue weighted by Gasteiger charge is -2.37. The fraction of sp³-hybridized carbons (Fsp3) is 0.591. The molecular formula is C22H29N3O4. The van der Waals surface area contributed by atoms with Crippen molar-refractivity contribution in [1.82, 2.24) is 14.7 Å². The zero-order valence-corrected chi connectivity index (χ0v) is 17.1. The van der Waals surface area contributed by atoms with Crippen LogP contribution in [0.15, 0.2) is 24.3 Å². The van der Waals surface area contributed by atoms with Gasteiger partial charge < -0.3 is 9.64 Å². The average Bonchev–Trinajstić information content (AvgIpc) is 2.98. The van der Waals surface area contributed by atoms with Gasteiger partial charge in [-0.3, -0.25) is 24.2 Å². The van der Waals surface area contributed by atoms with Gasteiger partial charge in [-0.25, -0.2) is 0 Å². The predicted molar refractivity (Wildman–Crippen MR) is 107 cm³/mol. The van der Waals surface area contributed by atoms with E-state index in [2.05, 4.69) is 4.90 Å². The van der Waals surface area contributed by atoms with Crippen LogP contribution in [-0.2, 0) is 9.59 Å². The van der Waals surface area contributed by atoms with Crippen LogP contribution >= 0.6 is 0 Å².